The van der Waals surface area contributed by atoms with Crippen LogP contribution in [0.4, 0.5) is 0 Å². The first kappa shape index (κ1) is 15.9. The molecule has 0 unspecified atom stereocenters. The smallest absolute Gasteiger partial charge is 0.250 e. The highest BCUT2D eigenvalue weighted by molar-refractivity contribution is 7.89. The Morgan fingerprint density at radius 1 is 1.14 bits per heavy atom. The van der Waals surface area contributed by atoms with Gasteiger partial charge in [-0.05, 0) is 23.8 Å². The Bertz CT molecular complexity index is 875. The number of sulfonamides is 1. The van der Waals surface area contributed by atoms with E-state index < -0.39 is 10.0 Å². The van der Waals surface area contributed by atoms with Gasteiger partial charge in [-0.2, -0.15) is 5.26 Å². The normalized spacial score (nSPS) is 11.4. The van der Waals surface area contributed by atoms with E-state index in [-0.39, 0.29) is 17.0 Å². The number of pyridine rings is 1. The molecule has 0 saturated heterocycles. The van der Waals surface area contributed by atoms with Crippen LogP contribution in [0.2, 0.25) is 0 Å². The van der Waals surface area contributed by atoms with Gasteiger partial charge in [-0.15, -0.1) is 0 Å². The maximum atomic E-state index is 12.1. The second-order valence-corrected chi connectivity index (χ2v) is 7.08. The summed E-state index contributed by atoms with van der Waals surface area (Å²) in [6, 6.07) is 11.3. The van der Waals surface area contributed by atoms with Crippen molar-refractivity contribution in [2.45, 2.75) is 11.4 Å². The molecule has 7 heteroatoms. The molecular formula is C15H15N3O3S. The molecule has 1 aromatic heterocycles. The molecule has 1 aromatic carbocycles. The number of hydrogen-bond acceptors (Lipinski definition) is 4. The summed E-state index contributed by atoms with van der Waals surface area (Å²) < 4.78 is 26.6. The Hall–Kier alpha value is -2.43. The summed E-state index contributed by atoms with van der Waals surface area (Å²) in [6.07, 6.45) is 1.33. The minimum atomic E-state index is -3.59. The highest BCUT2D eigenvalue weighted by Crippen LogP contribution is 2.12. The van der Waals surface area contributed by atoms with Crippen LogP contribution < -0.4 is 5.56 Å². The lowest BCUT2D eigenvalue weighted by atomic mass is 10.1. The Kier molecular flexibility index (Phi) is 4.45. The zero-order chi connectivity index (χ0) is 16.3. The Balaban J connectivity index is 2.39. The molecule has 2 aromatic rings. The predicted octanol–water partition coefficient (Wildman–Crippen LogP) is 1.02. The molecule has 1 heterocycles. The zero-order valence-corrected chi connectivity index (χ0v) is 13.0. The molecule has 0 atom stereocenters. The third kappa shape index (κ3) is 3.24. The van der Waals surface area contributed by atoms with E-state index in [0.717, 1.165) is 9.87 Å². The van der Waals surface area contributed by atoms with Crippen LogP contribution >= 0.6 is 0 Å². The van der Waals surface area contributed by atoms with E-state index in [1.54, 1.807) is 24.3 Å². The molecule has 0 fully saturated rings. The van der Waals surface area contributed by atoms with Gasteiger partial charge in [0.25, 0.3) is 5.56 Å². The first-order chi connectivity index (χ1) is 10.3. The quantitative estimate of drug-likeness (QED) is 0.843. The van der Waals surface area contributed by atoms with Gasteiger partial charge in [0.2, 0.25) is 10.0 Å². The van der Waals surface area contributed by atoms with Crippen molar-refractivity contribution in [1.29, 1.82) is 5.26 Å². The van der Waals surface area contributed by atoms with E-state index in [2.05, 4.69) is 0 Å². The minimum Gasteiger partial charge on any atom is -0.310 e. The van der Waals surface area contributed by atoms with Crippen LogP contribution in [0.1, 0.15) is 11.1 Å². The van der Waals surface area contributed by atoms with Crippen molar-refractivity contribution in [1.82, 2.24) is 8.87 Å². The summed E-state index contributed by atoms with van der Waals surface area (Å²) >= 11 is 0. The van der Waals surface area contributed by atoms with Gasteiger partial charge < -0.3 is 4.57 Å². The fourth-order valence-electron chi connectivity index (χ4n) is 1.88. The van der Waals surface area contributed by atoms with E-state index in [0.29, 0.717) is 5.56 Å². The third-order valence-corrected chi connectivity index (χ3v) is 4.97. The summed E-state index contributed by atoms with van der Waals surface area (Å²) in [5.41, 5.74) is 1.04. The van der Waals surface area contributed by atoms with Gasteiger partial charge in [0, 0.05) is 26.4 Å². The van der Waals surface area contributed by atoms with E-state index in [9.17, 15) is 13.2 Å². The maximum absolute atomic E-state index is 12.1. The molecule has 22 heavy (non-hydrogen) atoms. The summed E-state index contributed by atoms with van der Waals surface area (Å²) in [5.74, 6) is 0. The van der Waals surface area contributed by atoms with E-state index >= 15 is 0 Å². The second kappa shape index (κ2) is 6.13. The number of benzene rings is 1. The predicted molar refractivity (Wildman–Crippen MR) is 81.8 cm³/mol. The molecule has 0 aliphatic rings. The number of nitrogens with zero attached hydrogens (tertiary/aromatic N) is 3. The molecule has 0 bridgehead atoms. The van der Waals surface area contributed by atoms with E-state index in [1.807, 2.05) is 6.07 Å². The largest absolute Gasteiger partial charge is 0.310 e. The van der Waals surface area contributed by atoms with Crippen molar-refractivity contribution >= 4 is 10.0 Å². The third-order valence-electron chi connectivity index (χ3n) is 3.17. The highest BCUT2D eigenvalue weighted by Gasteiger charge is 2.18. The Morgan fingerprint density at radius 2 is 1.77 bits per heavy atom. The zero-order valence-electron chi connectivity index (χ0n) is 12.2. The lowest BCUT2D eigenvalue weighted by Crippen LogP contribution is -2.26. The lowest BCUT2D eigenvalue weighted by molar-refractivity contribution is 0.519. The molecule has 2 rings (SSSR count). The number of nitriles is 1. The van der Waals surface area contributed by atoms with Gasteiger partial charge in [0.05, 0.1) is 23.1 Å². The number of hydrogen-bond donors (Lipinski definition) is 0. The van der Waals surface area contributed by atoms with Gasteiger partial charge in [0.1, 0.15) is 0 Å². The number of rotatable bonds is 4. The minimum absolute atomic E-state index is 0.0609. The molecule has 0 spiro atoms. The van der Waals surface area contributed by atoms with Crippen molar-refractivity contribution in [3.8, 4) is 6.07 Å². The standard InChI is InChI=1S/C15H15N3O3S/c1-17(2)22(20,21)14-7-8-15(19)18(11-14)10-13-5-3-12(9-16)4-6-13/h3-8,11H,10H2,1-2H3. The van der Waals surface area contributed by atoms with Crippen molar-refractivity contribution in [3.05, 3.63) is 64.1 Å². The van der Waals surface area contributed by atoms with Crippen LogP contribution in [-0.2, 0) is 16.6 Å². The molecule has 0 amide bonds. The van der Waals surface area contributed by atoms with Gasteiger partial charge in [-0.3, -0.25) is 4.79 Å². The molecule has 6 nitrogen and oxygen atoms in total. The van der Waals surface area contributed by atoms with Crippen molar-refractivity contribution in [2.24, 2.45) is 0 Å². The van der Waals surface area contributed by atoms with Gasteiger partial charge in [-0.1, -0.05) is 12.1 Å². The SMILES string of the molecule is CN(C)S(=O)(=O)c1ccc(=O)n(Cc2ccc(C#N)cc2)c1. The molecular weight excluding hydrogens is 302 g/mol. The Labute approximate surface area is 128 Å². The summed E-state index contributed by atoms with van der Waals surface area (Å²) in [6.45, 7) is 0.237. The monoisotopic (exact) mass is 317 g/mol. The van der Waals surface area contributed by atoms with Gasteiger partial charge in [0.15, 0.2) is 0 Å². The molecule has 0 saturated carbocycles. The van der Waals surface area contributed by atoms with Gasteiger partial charge >= 0.3 is 0 Å². The second-order valence-electron chi connectivity index (χ2n) is 4.93. The lowest BCUT2D eigenvalue weighted by Gasteiger charge is -2.13. The van der Waals surface area contributed by atoms with E-state index in [4.69, 9.17) is 5.26 Å². The van der Waals surface area contributed by atoms with Crippen molar-refractivity contribution in [3.63, 3.8) is 0 Å². The first-order valence-corrected chi connectivity index (χ1v) is 7.90. The summed E-state index contributed by atoms with van der Waals surface area (Å²) in [4.78, 5) is 12.0. The van der Waals surface area contributed by atoms with Crippen molar-refractivity contribution < 1.29 is 8.42 Å². The fraction of sp³-hybridized carbons (Fsp3) is 0.200. The first-order valence-electron chi connectivity index (χ1n) is 6.46. The Morgan fingerprint density at radius 3 is 2.32 bits per heavy atom. The van der Waals surface area contributed by atoms with Gasteiger partial charge in [-0.25, -0.2) is 12.7 Å². The fourth-order valence-corrected chi connectivity index (χ4v) is 2.80. The van der Waals surface area contributed by atoms with Crippen LogP contribution in [0, 0.1) is 11.3 Å². The average molecular weight is 317 g/mol. The topological polar surface area (TPSA) is 83.2 Å². The van der Waals surface area contributed by atoms with Crippen LogP contribution in [0.5, 0.6) is 0 Å². The summed E-state index contributed by atoms with van der Waals surface area (Å²) in [7, 11) is -0.717. The molecule has 0 N–H and O–H groups in total. The molecule has 0 aliphatic carbocycles. The van der Waals surface area contributed by atoms with Crippen LogP contribution in [0.25, 0.3) is 0 Å². The van der Waals surface area contributed by atoms with Crippen LogP contribution in [0.3, 0.4) is 0 Å². The van der Waals surface area contributed by atoms with Crippen molar-refractivity contribution in [2.75, 3.05) is 14.1 Å². The maximum Gasteiger partial charge on any atom is 0.250 e. The summed E-state index contributed by atoms with van der Waals surface area (Å²) in [5, 5.41) is 8.76. The average Bonchev–Trinajstić information content (AvgIpc) is 2.50. The molecule has 114 valence electrons. The van der Waals surface area contributed by atoms with Crippen LogP contribution in [0.15, 0.2) is 52.3 Å². The number of aromatic nitrogens is 1. The highest BCUT2D eigenvalue weighted by atomic mass is 32.2. The van der Waals surface area contributed by atoms with E-state index in [1.165, 1.54) is 37.0 Å². The molecule has 0 radical (unpaired) electrons. The van der Waals surface area contributed by atoms with Crippen LogP contribution in [-0.4, -0.2) is 31.4 Å². The molecule has 0 aliphatic heterocycles.